The molecule has 0 N–H and O–H groups in total. The van der Waals surface area contributed by atoms with E-state index in [1.807, 2.05) is 0 Å². The lowest BCUT2D eigenvalue weighted by atomic mass is 10.2. The maximum Gasteiger partial charge on any atom is 0.305 e. The molecule has 0 bridgehead atoms. The Morgan fingerprint density at radius 3 is 1.95 bits per heavy atom. The van der Waals surface area contributed by atoms with Crippen LogP contribution < -0.4 is 0 Å². The zero-order valence-electron chi connectivity index (χ0n) is 13.7. The van der Waals surface area contributed by atoms with Crippen molar-refractivity contribution in [2.45, 2.75) is 32.6 Å². The van der Waals surface area contributed by atoms with Gasteiger partial charge in [-0.05, 0) is 6.42 Å². The van der Waals surface area contributed by atoms with Gasteiger partial charge in [0.2, 0.25) is 0 Å². The summed E-state index contributed by atoms with van der Waals surface area (Å²) in [4.78, 5) is 11.3. The predicted molar refractivity (Wildman–Crippen MR) is 83.7 cm³/mol. The molecule has 0 rings (SSSR count). The van der Waals surface area contributed by atoms with E-state index >= 15 is 0 Å². The fraction of sp³-hybridized carbons (Fsp3) is 0.812. The van der Waals surface area contributed by atoms with Crippen molar-refractivity contribution < 1.29 is 28.5 Å². The molecule has 6 heteroatoms. The lowest BCUT2D eigenvalue weighted by Gasteiger charge is -2.07. The third-order valence-electron chi connectivity index (χ3n) is 2.68. The van der Waals surface area contributed by atoms with Crippen molar-refractivity contribution >= 4 is 5.97 Å². The van der Waals surface area contributed by atoms with E-state index in [1.165, 1.54) is 6.26 Å². The van der Waals surface area contributed by atoms with Crippen LogP contribution in [0.1, 0.15) is 32.6 Å². The van der Waals surface area contributed by atoms with E-state index in [2.05, 4.69) is 13.5 Å². The van der Waals surface area contributed by atoms with Gasteiger partial charge in [-0.3, -0.25) is 4.79 Å². The van der Waals surface area contributed by atoms with E-state index in [1.54, 1.807) is 0 Å². The van der Waals surface area contributed by atoms with Gasteiger partial charge in [0.05, 0.1) is 45.9 Å². The summed E-state index contributed by atoms with van der Waals surface area (Å²) >= 11 is 0. The maximum absolute atomic E-state index is 11.3. The Morgan fingerprint density at radius 1 is 0.864 bits per heavy atom. The second-order valence-corrected chi connectivity index (χ2v) is 4.55. The van der Waals surface area contributed by atoms with Gasteiger partial charge in [0.25, 0.3) is 0 Å². The monoisotopic (exact) mass is 318 g/mol. The van der Waals surface area contributed by atoms with Crippen LogP contribution in [-0.4, -0.2) is 58.8 Å². The van der Waals surface area contributed by atoms with Gasteiger partial charge in [0, 0.05) is 6.42 Å². The highest BCUT2D eigenvalue weighted by Crippen LogP contribution is 2.00. The highest BCUT2D eigenvalue weighted by atomic mass is 16.6. The van der Waals surface area contributed by atoms with Crippen LogP contribution in [0.3, 0.4) is 0 Å². The van der Waals surface area contributed by atoms with E-state index in [-0.39, 0.29) is 5.97 Å². The van der Waals surface area contributed by atoms with Gasteiger partial charge in [-0.25, -0.2) is 0 Å². The molecule has 0 aliphatic rings. The Labute approximate surface area is 133 Å². The third kappa shape index (κ3) is 16.9. The molecule has 22 heavy (non-hydrogen) atoms. The Balaban J connectivity index is 3.08. The number of esters is 1. The summed E-state index contributed by atoms with van der Waals surface area (Å²) in [7, 11) is 0. The summed E-state index contributed by atoms with van der Waals surface area (Å²) in [6.07, 6.45) is 4.94. The van der Waals surface area contributed by atoms with Crippen molar-refractivity contribution in [3.05, 3.63) is 12.8 Å². The van der Waals surface area contributed by atoms with Gasteiger partial charge in [-0.1, -0.05) is 26.3 Å². The van der Waals surface area contributed by atoms with Crippen molar-refractivity contribution in [1.82, 2.24) is 0 Å². The molecule has 0 atom stereocenters. The number of rotatable bonds is 17. The van der Waals surface area contributed by atoms with Crippen LogP contribution in [0.2, 0.25) is 0 Å². The molecule has 0 spiro atoms. The smallest absolute Gasteiger partial charge is 0.305 e. The summed E-state index contributed by atoms with van der Waals surface area (Å²) in [6.45, 7) is 9.28. The molecule has 0 saturated heterocycles. The summed E-state index contributed by atoms with van der Waals surface area (Å²) in [5, 5.41) is 0. The molecule has 6 nitrogen and oxygen atoms in total. The molecule has 0 aliphatic heterocycles. The molecule has 0 aliphatic carbocycles. The SMILES string of the molecule is C=COCCOCCOCCOCCOC(=O)CCCCC. The molecule has 0 amide bonds. The highest BCUT2D eigenvalue weighted by molar-refractivity contribution is 5.69. The number of carbonyl (C=O) groups is 1. The van der Waals surface area contributed by atoms with Gasteiger partial charge >= 0.3 is 5.97 Å². The van der Waals surface area contributed by atoms with Gasteiger partial charge in [-0.2, -0.15) is 0 Å². The van der Waals surface area contributed by atoms with Crippen molar-refractivity contribution in [2.24, 2.45) is 0 Å². The molecular weight excluding hydrogens is 288 g/mol. The van der Waals surface area contributed by atoms with Crippen molar-refractivity contribution in [3.63, 3.8) is 0 Å². The molecule has 130 valence electrons. The standard InChI is InChI=1S/C16H30O6/c1-3-5-6-7-16(17)22-15-14-21-13-12-20-11-10-19-9-8-18-4-2/h4H,2-3,5-15H2,1H3. The van der Waals surface area contributed by atoms with E-state index < -0.39 is 0 Å². The van der Waals surface area contributed by atoms with Crippen molar-refractivity contribution in [3.8, 4) is 0 Å². The number of hydrogen-bond donors (Lipinski definition) is 0. The largest absolute Gasteiger partial charge is 0.499 e. The quantitative estimate of drug-likeness (QED) is 0.233. The first-order chi connectivity index (χ1) is 10.8. The fourth-order valence-corrected chi connectivity index (χ4v) is 1.54. The molecule has 0 heterocycles. The first-order valence-corrected chi connectivity index (χ1v) is 7.92. The van der Waals surface area contributed by atoms with Crippen LogP contribution in [0, 0.1) is 0 Å². The minimum absolute atomic E-state index is 0.147. The predicted octanol–water partition coefficient (Wildman–Crippen LogP) is 2.32. The molecule has 0 aromatic carbocycles. The summed E-state index contributed by atoms with van der Waals surface area (Å²) < 4.78 is 25.8. The van der Waals surface area contributed by atoms with E-state index in [4.69, 9.17) is 23.7 Å². The highest BCUT2D eigenvalue weighted by Gasteiger charge is 2.01. The topological polar surface area (TPSA) is 63.2 Å². The molecule has 0 saturated carbocycles. The van der Waals surface area contributed by atoms with Crippen molar-refractivity contribution in [1.29, 1.82) is 0 Å². The molecular formula is C16H30O6. The van der Waals surface area contributed by atoms with Crippen molar-refractivity contribution in [2.75, 3.05) is 52.9 Å². The third-order valence-corrected chi connectivity index (χ3v) is 2.68. The second-order valence-electron chi connectivity index (χ2n) is 4.55. The lowest BCUT2D eigenvalue weighted by Crippen LogP contribution is -2.14. The number of hydrogen-bond acceptors (Lipinski definition) is 6. The van der Waals surface area contributed by atoms with E-state index in [0.29, 0.717) is 59.3 Å². The Kier molecular flexibility index (Phi) is 17.0. The second kappa shape index (κ2) is 17.9. The van der Waals surface area contributed by atoms with Crippen LogP contribution in [0.15, 0.2) is 12.8 Å². The Bertz CT molecular complexity index is 257. The number of carbonyl (C=O) groups excluding carboxylic acids is 1. The zero-order chi connectivity index (χ0) is 16.3. The van der Waals surface area contributed by atoms with Crippen LogP contribution >= 0.6 is 0 Å². The average molecular weight is 318 g/mol. The van der Waals surface area contributed by atoms with E-state index in [0.717, 1.165) is 19.3 Å². The zero-order valence-corrected chi connectivity index (χ0v) is 13.7. The summed E-state index contributed by atoms with van der Waals surface area (Å²) in [6, 6.07) is 0. The van der Waals surface area contributed by atoms with Crippen LogP contribution in [-0.2, 0) is 28.5 Å². The minimum atomic E-state index is -0.147. The Hall–Kier alpha value is -1.11. The van der Waals surface area contributed by atoms with Crippen LogP contribution in [0.25, 0.3) is 0 Å². The lowest BCUT2D eigenvalue weighted by molar-refractivity contribution is -0.145. The summed E-state index contributed by atoms with van der Waals surface area (Å²) in [5.41, 5.74) is 0. The van der Waals surface area contributed by atoms with Gasteiger partial charge in [0.15, 0.2) is 0 Å². The number of ether oxygens (including phenoxy) is 5. The fourth-order valence-electron chi connectivity index (χ4n) is 1.54. The molecule has 0 fully saturated rings. The molecule has 0 aromatic rings. The van der Waals surface area contributed by atoms with E-state index in [9.17, 15) is 4.79 Å². The summed E-state index contributed by atoms with van der Waals surface area (Å²) in [5.74, 6) is -0.147. The van der Waals surface area contributed by atoms with Gasteiger partial charge in [-0.15, -0.1) is 0 Å². The first kappa shape index (κ1) is 20.9. The maximum atomic E-state index is 11.3. The van der Waals surface area contributed by atoms with Crippen LogP contribution in [0.5, 0.6) is 0 Å². The average Bonchev–Trinajstić information content (AvgIpc) is 2.52. The Morgan fingerprint density at radius 2 is 1.41 bits per heavy atom. The number of unbranched alkanes of at least 4 members (excludes halogenated alkanes) is 2. The molecule has 0 unspecified atom stereocenters. The van der Waals surface area contributed by atoms with Gasteiger partial charge < -0.3 is 23.7 Å². The van der Waals surface area contributed by atoms with Crippen LogP contribution in [0.4, 0.5) is 0 Å². The normalized spacial score (nSPS) is 10.4. The minimum Gasteiger partial charge on any atom is -0.499 e. The van der Waals surface area contributed by atoms with Gasteiger partial charge in [0.1, 0.15) is 13.2 Å². The molecule has 0 radical (unpaired) electrons. The molecule has 0 aromatic heterocycles. The first-order valence-electron chi connectivity index (χ1n) is 7.92.